The normalized spacial score (nSPS) is 13.2. The molecule has 2 heterocycles. The number of amides is 1. The van der Waals surface area contributed by atoms with Gasteiger partial charge in [0.25, 0.3) is 0 Å². The van der Waals surface area contributed by atoms with Crippen LogP contribution in [0.15, 0.2) is 54.9 Å². The minimum atomic E-state index is -3.98. The molecule has 0 aliphatic carbocycles. The molecule has 2 atom stereocenters. The number of nitrogens with zero attached hydrogens (tertiary/aromatic N) is 2. The minimum absolute atomic E-state index is 0.133. The third-order valence-electron chi connectivity index (χ3n) is 7.42. The fraction of sp³-hybridized carbons (Fsp3) is 0.371. The maximum absolute atomic E-state index is 15.8. The van der Waals surface area contributed by atoms with Crippen molar-refractivity contribution in [3.8, 4) is 11.1 Å². The number of halogens is 3. The molecule has 0 bridgehead atoms. The predicted octanol–water partition coefficient (Wildman–Crippen LogP) is 7.63. The molecule has 2 unspecified atom stereocenters. The van der Waals surface area contributed by atoms with E-state index in [2.05, 4.69) is 15.0 Å². The van der Waals surface area contributed by atoms with Crippen LogP contribution in [0.5, 0.6) is 0 Å². The van der Waals surface area contributed by atoms with Crippen molar-refractivity contribution in [1.82, 2.24) is 14.9 Å². The molecule has 4 rings (SSSR count). The summed E-state index contributed by atoms with van der Waals surface area (Å²) in [5, 5.41) is 3.18. The standard InChI is InChI=1S/C35H39ClF2N4O7S/c1-8-15-50(46,47)41-27-14-13-26(37)28(29(27)38)31(43)25-18-42(32-24(25)16-22(17-39-32)21-9-11-23(36)12-10-21)20(4)48-33(44)30(19(2)3)40-34(45)49-35(5,6)7/h9-14,16-20,30,41H,8,15H2,1-7H3,(H,40,45). The molecular weight excluding hydrogens is 694 g/mol. The van der Waals surface area contributed by atoms with E-state index in [1.807, 2.05) is 0 Å². The third kappa shape index (κ3) is 8.96. The van der Waals surface area contributed by atoms with Gasteiger partial charge in [0.1, 0.15) is 23.1 Å². The quantitative estimate of drug-likeness (QED) is 0.112. The van der Waals surface area contributed by atoms with Gasteiger partial charge in [-0.1, -0.05) is 44.5 Å². The van der Waals surface area contributed by atoms with Crippen molar-refractivity contribution >= 4 is 56.2 Å². The van der Waals surface area contributed by atoms with Gasteiger partial charge in [-0.25, -0.2) is 31.8 Å². The molecule has 0 spiro atoms. The van der Waals surface area contributed by atoms with Gasteiger partial charge in [0.05, 0.1) is 22.6 Å². The molecule has 4 aromatic rings. The molecule has 2 aromatic carbocycles. The zero-order valence-corrected chi connectivity index (χ0v) is 30.2. The van der Waals surface area contributed by atoms with Crippen molar-refractivity contribution in [2.45, 2.75) is 72.8 Å². The molecular formula is C35H39ClF2N4O7S. The van der Waals surface area contributed by atoms with Gasteiger partial charge >= 0.3 is 12.1 Å². The van der Waals surface area contributed by atoms with E-state index in [4.69, 9.17) is 21.1 Å². The monoisotopic (exact) mass is 732 g/mol. The van der Waals surface area contributed by atoms with Gasteiger partial charge in [-0.05, 0) is 75.9 Å². The second-order valence-electron chi connectivity index (χ2n) is 13.0. The topological polar surface area (TPSA) is 146 Å². The lowest BCUT2D eigenvalue weighted by atomic mass is 10.00. The highest BCUT2D eigenvalue weighted by Crippen LogP contribution is 2.33. The van der Waals surface area contributed by atoms with E-state index in [9.17, 15) is 22.8 Å². The van der Waals surface area contributed by atoms with E-state index in [-0.39, 0.29) is 28.8 Å². The average molecular weight is 733 g/mol. The molecule has 0 saturated carbocycles. The zero-order chi connectivity index (χ0) is 37.1. The highest BCUT2D eigenvalue weighted by Gasteiger charge is 2.32. The van der Waals surface area contributed by atoms with Gasteiger partial charge in [0.15, 0.2) is 12.0 Å². The summed E-state index contributed by atoms with van der Waals surface area (Å²) in [5.74, 6) is -5.27. The van der Waals surface area contributed by atoms with Gasteiger partial charge < -0.3 is 14.8 Å². The number of aromatic nitrogens is 2. The van der Waals surface area contributed by atoms with E-state index in [1.165, 1.54) is 23.9 Å². The molecule has 0 aliphatic rings. The molecule has 0 saturated heterocycles. The number of esters is 1. The van der Waals surface area contributed by atoms with Crippen molar-refractivity contribution in [2.75, 3.05) is 10.5 Å². The highest BCUT2D eigenvalue weighted by atomic mass is 35.5. The Balaban J connectivity index is 1.80. The number of nitrogens with one attached hydrogen (secondary N) is 2. The van der Waals surface area contributed by atoms with E-state index in [0.29, 0.717) is 16.1 Å². The number of carbonyl (C=O) groups is 3. The predicted molar refractivity (Wildman–Crippen MR) is 186 cm³/mol. The number of benzene rings is 2. The Bertz CT molecular complexity index is 2030. The molecule has 0 fully saturated rings. The number of pyridine rings is 1. The van der Waals surface area contributed by atoms with Crippen LogP contribution in [0.1, 0.15) is 77.0 Å². The van der Waals surface area contributed by atoms with Gasteiger partial charge in [-0.3, -0.25) is 14.1 Å². The maximum Gasteiger partial charge on any atom is 0.408 e. The SMILES string of the molecule is CCCS(=O)(=O)Nc1ccc(F)c(C(=O)c2cn(C(C)OC(=O)C(NC(=O)OC(C)(C)C)C(C)C)c3ncc(-c4ccc(Cl)cc4)cc23)c1F. The number of rotatable bonds is 12. The molecule has 0 aliphatic heterocycles. The Kier molecular flexibility index (Phi) is 11.6. The van der Waals surface area contributed by atoms with Gasteiger partial charge in [0.2, 0.25) is 15.8 Å². The fourth-order valence-corrected chi connectivity index (χ4v) is 6.34. The molecule has 15 heteroatoms. The first-order valence-electron chi connectivity index (χ1n) is 15.8. The van der Waals surface area contributed by atoms with Crippen LogP contribution in [0.25, 0.3) is 22.2 Å². The summed E-state index contributed by atoms with van der Waals surface area (Å²) in [7, 11) is -3.98. The number of hydrogen-bond donors (Lipinski definition) is 2. The lowest BCUT2D eigenvalue weighted by molar-refractivity contribution is -0.156. The summed E-state index contributed by atoms with van der Waals surface area (Å²) in [4.78, 5) is 44.4. The van der Waals surface area contributed by atoms with E-state index in [0.717, 1.165) is 12.1 Å². The largest absolute Gasteiger partial charge is 0.444 e. The number of hydrogen-bond acceptors (Lipinski definition) is 8. The smallest absolute Gasteiger partial charge is 0.408 e. The van der Waals surface area contributed by atoms with Crippen LogP contribution in [0.4, 0.5) is 19.3 Å². The van der Waals surface area contributed by atoms with Crippen molar-refractivity contribution in [3.63, 3.8) is 0 Å². The van der Waals surface area contributed by atoms with Crippen LogP contribution in [0, 0.1) is 17.6 Å². The molecule has 2 N–H and O–H groups in total. The van der Waals surface area contributed by atoms with Crippen LogP contribution >= 0.6 is 11.6 Å². The molecule has 1 amide bonds. The van der Waals surface area contributed by atoms with Crippen molar-refractivity contribution in [3.05, 3.63) is 82.6 Å². The van der Waals surface area contributed by atoms with Crippen LogP contribution in [0.2, 0.25) is 5.02 Å². The Morgan fingerprint density at radius 3 is 2.28 bits per heavy atom. The lowest BCUT2D eigenvalue weighted by Crippen LogP contribution is -2.47. The summed E-state index contributed by atoms with van der Waals surface area (Å²) in [5.41, 5.74) is -1.26. The maximum atomic E-state index is 15.8. The molecule has 50 heavy (non-hydrogen) atoms. The number of ketones is 1. The number of sulfonamides is 1. The first-order chi connectivity index (χ1) is 23.3. The Hall–Kier alpha value is -4.56. The van der Waals surface area contributed by atoms with E-state index < -0.39 is 74.5 Å². The van der Waals surface area contributed by atoms with Gasteiger partial charge in [-0.15, -0.1) is 0 Å². The molecule has 11 nitrogen and oxygen atoms in total. The van der Waals surface area contributed by atoms with Crippen molar-refractivity contribution in [2.24, 2.45) is 5.92 Å². The van der Waals surface area contributed by atoms with E-state index in [1.54, 1.807) is 71.9 Å². The Morgan fingerprint density at radius 2 is 1.68 bits per heavy atom. The van der Waals surface area contributed by atoms with Crippen LogP contribution in [-0.4, -0.2) is 53.2 Å². The average Bonchev–Trinajstić information content (AvgIpc) is 3.39. The first kappa shape index (κ1) is 38.2. The Labute approximate surface area is 294 Å². The number of alkyl carbamates (subject to hydrolysis) is 1. The Morgan fingerprint density at radius 1 is 1.02 bits per heavy atom. The summed E-state index contributed by atoms with van der Waals surface area (Å²) < 4.78 is 70.3. The lowest BCUT2D eigenvalue weighted by Gasteiger charge is -2.26. The highest BCUT2D eigenvalue weighted by molar-refractivity contribution is 7.92. The number of carbonyl (C=O) groups excluding carboxylic acids is 3. The second kappa shape index (κ2) is 15.1. The summed E-state index contributed by atoms with van der Waals surface area (Å²) in [6, 6.07) is 8.95. The van der Waals surface area contributed by atoms with Crippen molar-refractivity contribution < 1.29 is 41.1 Å². The van der Waals surface area contributed by atoms with E-state index >= 15 is 8.78 Å². The first-order valence-corrected chi connectivity index (χ1v) is 17.8. The minimum Gasteiger partial charge on any atom is -0.444 e. The van der Waals surface area contributed by atoms with Crippen LogP contribution in [0.3, 0.4) is 0 Å². The van der Waals surface area contributed by atoms with Gasteiger partial charge in [-0.2, -0.15) is 0 Å². The zero-order valence-electron chi connectivity index (χ0n) is 28.6. The number of anilines is 1. The summed E-state index contributed by atoms with van der Waals surface area (Å²) in [6.45, 7) is 11.6. The van der Waals surface area contributed by atoms with Gasteiger partial charge in [0, 0.05) is 28.4 Å². The van der Waals surface area contributed by atoms with Crippen LogP contribution < -0.4 is 10.0 Å². The number of ether oxygens (including phenoxy) is 2. The van der Waals surface area contributed by atoms with Crippen molar-refractivity contribution in [1.29, 1.82) is 0 Å². The summed E-state index contributed by atoms with van der Waals surface area (Å²) >= 11 is 6.06. The third-order valence-corrected chi connectivity index (χ3v) is 9.15. The molecule has 268 valence electrons. The molecule has 0 radical (unpaired) electrons. The fourth-order valence-electron chi connectivity index (χ4n) is 5.08. The van der Waals surface area contributed by atoms with Crippen LogP contribution in [-0.2, 0) is 24.3 Å². The molecule has 2 aromatic heterocycles. The number of fused-ring (bicyclic) bond motifs is 1. The summed E-state index contributed by atoms with van der Waals surface area (Å²) in [6.07, 6.45) is 1.05. The second-order valence-corrected chi connectivity index (χ2v) is 15.3.